The number of hydrogen-bond acceptors (Lipinski definition) is 3. The SMILES string of the molecule is CCCNC(C)(CC(C)N(C)C)C(N)=O. The van der Waals surface area contributed by atoms with Crippen molar-refractivity contribution < 1.29 is 4.79 Å². The van der Waals surface area contributed by atoms with Gasteiger partial charge in [0.25, 0.3) is 0 Å². The van der Waals surface area contributed by atoms with Crippen molar-refractivity contribution >= 4 is 5.91 Å². The number of nitrogens with zero attached hydrogens (tertiary/aromatic N) is 1. The molecule has 15 heavy (non-hydrogen) atoms. The van der Waals surface area contributed by atoms with Crippen molar-refractivity contribution in [2.75, 3.05) is 20.6 Å². The van der Waals surface area contributed by atoms with Gasteiger partial charge in [0.2, 0.25) is 5.91 Å². The summed E-state index contributed by atoms with van der Waals surface area (Å²) in [5.41, 5.74) is 4.84. The van der Waals surface area contributed by atoms with Crippen LogP contribution in [0.5, 0.6) is 0 Å². The fraction of sp³-hybridized carbons (Fsp3) is 0.909. The lowest BCUT2D eigenvalue weighted by Gasteiger charge is -2.32. The van der Waals surface area contributed by atoms with Crippen molar-refractivity contribution in [3.8, 4) is 0 Å². The highest BCUT2D eigenvalue weighted by molar-refractivity contribution is 5.84. The third-order valence-corrected chi connectivity index (χ3v) is 2.89. The van der Waals surface area contributed by atoms with Gasteiger partial charge >= 0.3 is 0 Å². The van der Waals surface area contributed by atoms with E-state index in [9.17, 15) is 4.79 Å². The zero-order valence-electron chi connectivity index (χ0n) is 10.6. The second-order valence-electron chi connectivity index (χ2n) is 4.64. The molecule has 0 saturated carbocycles. The van der Waals surface area contributed by atoms with E-state index in [1.54, 1.807) is 0 Å². The van der Waals surface area contributed by atoms with E-state index in [1.165, 1.54) is 0 Å². The van der Waals surface area contributed by atoms with Crippen LogP contribution < -0.4 is 11.1 Å². The summed E-state index contributed by atoms with van der Waals surface area (Å²) in [6, 6.07) is 0.326. The van der Waals surface area contributed by atoms with Gasteiger partial charge in [-0.2, -0.15) is 0 Å². The fourth-order valence-electron chi connectivity index (χ4n) is 1.43. The summed E-state index contributed by atoms with van der Waals surface area (Å²) >= 11 is 0. The molecule has 2 unspecified atom stereocenters. The predicted octanol–water partition coefficient (Wildman–Crippen LogP) is 0.570. The molecule has 0 aromatic heterocycles. The topological polar surface area (TPSA) is 58.4 Å². The lowest BCUT2D eigenvalue weighted by molar-refractivity contribution is -0.124. The van der Waals surface area contributed by atoms with Crippen molar-refractivity contribution in [3.05, 3.63) is 0 Å². The average Bonchev–Trinajstić information content (AvgIpc) is 2.14. The molecule has 0 spiro atoms. The lowest BCUT2D eigenvalue weighted by atomic mass is 9.92. The smallest absolute Gasteiger partial charge is 0.237 e. The maximum atomic E-state index is 11.4. The molecule has 4 heteroatoms. The molecule has 0 rings (SSSR count). The van der Waals surface area contributed by atoms with Gasteiger partial charge in [-0.3, -0.25) is 4.79 Å². The summed E-state index contributed by atoms with van der Waals surface area (Å²) in [6.45, 7) is 6.86. The number of primary amides is 1. The highest BCUT2D eigenvalue weighted by Crippen LogP contribution is 2.14. The molecule has 4 nitrogen and oxygen atoms in total. The normalized spacial score (nSPS) is 17.5. The van der Waals surface area contributed by atoms with Gasteiger partial charge < -0.3 is 16.0 Å². The van der Waals surface area contributed by atoms with Gasteiger partial charge in [-0.05, 0) is 47.3 Å². The second kappa shape index (κ2) is 6.08. The minimum atomic E-state index is -0.598. The Kier molecular flexibility index (Phi) is 5.83. The first-order chi connectivity index (χ1) is 6.83. The molecular formula is C11H25N3O. The molecule has 1 amide bonds. The molecule has 0 aliphatic heterocycles. The Morgan fingerprint density at radius 1 is 1.53 bits per heavy atom. The Balaban J connectivity index is 4.44. The van der Waals surface area contributed by atoms with Crippen LogP contribution in [0.4, 0.5) is 0 Å². The van der Waals surface area contributed by atoms with Crippen LogP contribution in [0, 0.1) is 0 Å². The van der Waals surface area contributed by atoms with Crippen LogP contribution in [-0.2, 0) is 4.79 Å². The second-order valence-corrected chi connectivity index (χ2v) is 4.64. The van der Waals surface area contributed by atoms with Crippen LogP contribution in [0.25, 0.3) is 0 Å². The number of amides is 1. The summed E-state index contributed by atoms with van der Waals surface area (Å²) < 4.78 is 0. The molecule has 0 radical (unpaired) electrons. The van der Waals surface area contributed by atoms with Crippen LogP contribution in [0.3, 0.4) is 0 Å². The van der Waals surface area contributed by atoms with Crippen LogP contribution >= 0.6 is 0 Å². The number of nitrogens with two attached hydrogens (primary N) is 1. The largest absolute Gasteiger partial charge is 0.368 e. The monoisotopic (exact) mass is 215 g/mol. The van der Waals surface area contributed by atoms with Gasteiger partial charge in [-0.25, -0.2) is 0 Å². The van der Waals surface area contributed by atoms with Crippen molar-refractivity contribution in [2.45, 2.75) is 45.2 Å². The van der Waals surface area contributed by atoms with Crippen LogP contribution in [0.15, 0.2) is 0 Å². The number of nitrogens with one attached hydrogen (secondary N) is 1. The molecule has 0 heterocycles. The van der Waals surface area contributed by atoms with Gasteiger partial charge in [0, 0.05) is 6.04 Å². The van der Waals surface area contributed by atoms with Crippen LogP contribution in [-0.4, -0.2) is 43.0 Å². The van der Waals surface area contributed by atoms with E-state index < -0.39 is 5.54 Å². The molecular weight excluding hydrogens is 190 g/mol. The Labute approximate surface area is 93.2 Å². The molecule has 0 bridgehead atoms. The number of carbonyl (C=O) groups is 1. The Bertz CT molecular complexity index is 206. The van der Waals surface area contributed by atoms with Crippen molar-refractivity contribution in [1.82, 2.24) is 10.2 Å². The fourth-order valence-corrected chi connectivity index (χ4v) is 1.43. The molecule has 90 valence electrons. The third kappa shape index (κ3) is 4.62. The van der Waals surface area contributed by atoms with Crippen molar-refractivity contribution in [2.24, 2.45) is 5.73 Å². The zero-order valence-corrected chi connectivity index (χ0v) is 10.6. The first kappa shape index (κ1) is 14.4. The molecule has 0 aliphatic carbocycles. The van der Waals surface area contributed by atoms with Gasteiger partial charge in [0.1, 0.15) is 0 Å². The molecule has 0 aromatic rings. The van der Waals surface area contributed by atoms with Crippen molar-refractivity contribution in [1.29, 1.82) is 0 Å². The maximum Gasteiger partial charge on any atom is 0.237 e. The summed E-state index contributed by atoms with van der Waals surface area (Å²) in [5, 5.41) is 3.23. The van der Waals surface area contributed by atoms with E-state index in [-0.39, 0.29) is 5.91 Å². The van der Waals surface area contributed by atoms with Gasteiger partial charge in [-0.1, -0.05) is 6.92 Å². The number of hydrogen-bond donors (Lipinski definition) is 2. The Morgan fingerprint density at radius 2 is 2.07 bits per heavy atom. The maximum absolute atomic E-state index is 11.4. The minimum absolute atomic E-state index is 0.273. The van der Waals surface area contributed by atoms with Gasteiger partial charge in [0.05, 0.1) is 5.54 Å². The summed E-state index contributed by atoms with van der Waals surface area (Å²) in [4.78, 5) is 13.5. The van der Waals surface area contributed by atoms with E-state index in [0.29, 0.717) is 6.04 Å². The van der Waals surface area contributed by atoms with E-state index in [1.807, 2.05) is 21.0 Å². The summed E-state index contributed by atoms with van der Waals surface area (Å²) in [7, 11) is 4.01. The Hall–Kier alpha value is -0.610. The molecule has 0 saturated heterocycles. The quantitative estimate of drug-likeness (QED) is 0.653. The molecule has 2 atom stereocenters. The van der Waals surface area contributed by atoms with E-state index in [0.717, 1.165) is 19.4 Å². The van der Waals surface area contributed by atoms with Crippen molar-refractivity contribution in [3.63, 3.8) is 0 Å². The lowest BCUT2D eigenvalue weighted by Crippen LogP contribution is -2.56. The minimum Gasteiger partial charge on any atom is -0.368 e. The van der Waals surface area contributed by atoms with E-state index >= 15 is 0 Å². The zero-order chi connectivity index (χ0) is 12.1. The summed E-state index contributed by atoms with van der Waals surface area (Å²) in [6.07, 6.45) is 1.73. The number of carbonyl (C=O) groups excluding carboxylic acids is 1. The first-order valence-corrected chi connectivity index (χ1v) is 5.55. The van der Waals surface area contributed by atoms with Crippen LogP contribution in [0.1, 0.15) is 33.6 Å². The predicted molar refractivity (Wildman–Crippen MR) is 63.7 cm³/mol. The van der Waals surface area contributed by atoms with E-state index in [4.69, 9.17) is 5.73 Å². The van der Waals surface area contributed by atoms with Crippen LogP contribution in [0.2, 0.25) is 0 Å². The number of rotatable bonds is 7. The molecule has 3 N–H and O–H groups in total. The summed E-state index contributed by atoms with van der Waals surface area (Å²) in [5.74, 6) is -0.273. The molecule has 0 fully saturated rings. The standard InChI is InChI=1S/C11H25N3O/c1-6-7-13-11(3,10(12)15)8-9(2)14(4)5/h9,13H,6-8H2,1-5H3,(H2,12,15). The van der Waals surface area contributed by atoms with Gasteiger partial charge in [-0.15, -0.1) is 0 Å². The van der Waals surface area contributed by atoms with Gasteiger partial charge in [0.15, 0.2) is 0 Å². The third-order valence-electron chi connectivity index (χ3n) is 2.89. The average molecular weight is 215 g/mol. The first-order valence-electron chi connectivity index (χ1n) is 5.55. The van der Waals surface area contributed by atoms with E-state index in [2.05, 4.69) is 24.1 Å². The Morgan fingerprint density at radius 3 is 2.40 bits per heavy atom. The highest BCUT2D eigenvalue weighted by Gasteiger charge is 2.32. The molecule has 0 aromatic carbocycles. The highest BCUT2D eigenvalue weighted by atomic mass is 16.1. The molecule has 0 aliphatic rings.